The van der Waals surface area contributed by atoms with E-state index in [1.165, 1.54) is 25.7 Å². The van der Waals surface area contributed by atoms with Crippen molar-refractivity contribution >= 4 is 11.9 Å². The number of aliphatic hydroxyl groups excluding tert-OH is 1. The highest BCUT2D eigenvalue weighted by Gasteiger charge is 1.95. The van der Waals surface area contributed by atoms with Crippen LogP contribution >= 0.6 is 0 Å². The molecule has 0 aliphatic rings. The summed E-state index contributed by atoms with van der Waals surface area (Å²) in [6.07, 6.45) is 6.62. The summed E-state index contributed by atoms with van der Waals surface area (Å²) in [5.41, 5.74) is 0. The lowest BCUT2D eigenvalue weighted by Crippen LogP contribution is -2.02. The molecule has 0 rings (SSSR count). The van der Waals surface area contributed by atoms with E-state index in [4.69, 9.17) is 30.0 Å². The van der Waals surface area contributed by atoms with Crippen molar-refractivity contribution in [3.63, 3.8) is 0 Å². The summed E-state index contributed by atoms with van der Waals surface area (Å²) in [6.45, 7) is 4.36. The van der Waals surface area contributed by atoms with Crippen LogP contribution in [0.3, 0.4) is 0 Å². The Morgan fingerprint density at radius 2 is 1.16 bits per heavy atom. The van der Waals surface area contributed by atoms with Gasteiger partial charge in [0.15, 0.2) is 6.29 Å². The van der Waals surface area contributed by atoms with E-state index in [9.17, 15) is 0 Å². The first-order valence-corrected chi connectivity index (χ1v) is 6.49. The second-order valence-electron chi connectivity index (χ2n) is 4.08. The fraction of sp³-hybridized carbons (Fsp3) is 0.846. The number of rotatable bonds is 7. The Morgan fingerprint density at radius 3 is 1.47 bits per heavy atom. The maximum absolute atomic E-state index is 9.00. The SMILES string of the molecule is CC(=O)O.CC(=O)O.CCCCCCCCC(O)O. The van der Waals surface area contributed by atoms with Gasteiger partial charge in [0.05, 0.1) is 0 Å². The number of carbonyl (C=O) groups is 2. The van der Waals surface area contributed by atoms with Gasteiger partial charge in [-0.05, 0) is 12.8 Å². The minimum Gasteiger partial charge on any atom is -0.481 e. The lowest BCUT2D eigenvalue weighted by molar-refractivity contribution is -0.135. The number of hydrogen-bond acceptors (Lipinski definition) is 4. The quantitative estimate of drug-likeness (QED) is 0.420. The summed E-state index contributed by atoms with van der Waals surface area (Å²) >= 11 is 0. The summed E-state index contributed by atoms with van der Waals surface area (Å²) in [4.78, 5) is 18.0. The highest BCUT2D eigenvalue weighted by atomic mass is 16.5. The third-order valence-electron chi connectivity index (χ3n) is 1.82. The number of unbranched alkanes of at least 4 members (excludes halogenated alkanes) is 5. The van der Waals surface area contributed by atoms with E-state index < -0.39 is 18.2 Å². The maximum Gasteiger partial charge on any atom is 0.300 e. The first-order valence-electron chi connectivity index (χ1n) is 6.49. The summed E-state index contributed by atoms with van der Waals surface area (Å²) < 4.78 is 0. The molecule has 6 heteroatoms. The van der Waals surface area contributed by atoms with E-state index in [0.717, 1.165) is 26.7 Å². The number of aliphatic hydroxyl groups is 2. The first kappa shape index (κ1) is 23.0. The predicted octanol–water partition coefficient (Wildman–Crippen LogP) is 2.23. The lowest BCUT2D eigenvalue weighted by Gasteiger charge is -2.02. The van der Waals surface area contributed by atoms with Crippen LogP contribution in [-0.2, 0) is 9.59 Å². The molecule has 0 spiro atoms. The van der Waals surface area contributed by atoms with Gasteiger partial charge in [-0.15, -0.1) is 0 Å². The van der Waals surface area contributed by atoms with Gasteiger partial charge in [-0.25, -0.2) is 0 Å². The van der Waals surface area contributed by atoms with Crippen LogP contribution in [-0.4, -0.2) is 38.7 Å². The van der Waals surface area contributed by atoms with Crippen molar-refractivity contribution in [2.45, 2.75) is 72.0 Å². The maximum atomic E-state index is 9.00. The Morgan fingerprint density at radius 1 is 0.842 bits per heavy atom. The van der Waals surface area contributed by atoms with Gasteiger partial charge < -0.3 is 20.4 Å². The topological polar surface area (TPSA) is 115 Å². The molecule has 0 aromatic heterocycles. The monoisotopic (exact) mass is 280 g/mol. The lowest BCUT2D eigenvalue weighted by atomic mass is 10.1. The molecule has 0 aromatic carbocycles. The Balaban J connectivity index is -0.000000264. The van der Waals surface area contributed by atoms with E-state index in [1.807, 2.05) is 0 Å². The molecule has 116 valence electrons. The molecule has 6 nitrogen and oxygen atoms in total. The molecule has 0 fully saturated rings. The summed E-state index contributed by atoms with van der Waals surface area (Å²) in [6, 6.07) is 0. The Kier molecular flexibility index (Phi) is 23.2. The van der Waals surface area contributed by atoms with Crippen LogP contribution in [0.5, 0.6) is 0 Å². The standard InChI is InChI=1S/C9H20O2.2C2H4O2/c1-2-3-4-5-6-7-8-9(10)11;2*1-2(3)4/h9-11H,2-8H2,1H3;2*1H3,(H,3,4). The fourth-order valence-electron chi connectivity index (χ4n) is 1.11. The van der Waals surface area contributed by atoms with Crippen LogP contribution in [0.4, 0.5) is 0 Å². The largest absolute Gasteiger partial charge is 0.481 e. The van der Waals surface area contributed by atoms with Crippen molar-refractivity contribution in [2.75, 3.05) is 0 Å². The van der Waals surface area contributed by atoms with Crippen molar-refractivity contribution < 1.29 is 30.0 Å². The smallest absolute Gasteiger partial charge is 0.300 e. The number of hydrogen-bond donors (Lipinski definition) is 4. The molecule has 0 saturated heterocycles. The third kappa shape index (κ3) is 79.1. The average molecular weight is 280 g/mol. The normalized spacial score (nSPS) is 8.95. The van der Waals surface area contributed by atoms with Crippen molar-refractivity contribution in [3.05, 3.63) is 0 Å². The van der Waals surface area contributed by atoms with Crippen molar-refractivity contribution in [1.82, 2.24) is 0 Å². The van der Waals surface area contributed by atoms with E-state index in [2.05, 4.69) is 6.92 Å². The zero-order valence-corrected chi connectivity index (χ0v) is 12.1. The zero-order valence-electron chi connectivity index (χ0n) is 12.1. The number of carboxylic acid groups (broad SMARTS) is 2. The average Bonchev–Trinajstić information content (AvgIpc) is 2.21. The second-order valence-corrected chi connectivity index (χ2v) is 4.08. The molecule has 4 N–H and O–H groups in total. The molecule has 0 saturated carbocycles. The highest BCUT2D eigenvalue weighted by Crippen LogP contribution is 2.07. The van der Waals surface area contributed by atoms with Gasteiger partial charge in [-0.2, -0.15) is 0 Å². The molecule has 0 radical (unpaired) electrons. The van der Waals surface area contributed by atoms with Crippen molar-refractivity contribution in [2.24, 2.45) is 0 Å². The number of carboxylic acids is 2. The molecule has 0 unspecified atom stereocenters. The van der Waals surface area contributed by atoms with Crippen molar-refractivity contribution in [1.29, 1.82) is 0 Å². The van der Waals surface area contributed by atoms with Gasteiger partial charge in [-0.3, -0.25) is 9.59 Å². The van der Waals surface area contributed by atoms with Crippen LogP contribution < -0.4 is 0 Å². The molecule has 0 heterocycles. The molecule has 0 amide bonds. The van der Waals surface area contributed by atoms with Gasteiger partial charge in [-0.1, -0.05) is 39.0 Å². The van der Waals surface area contributed by atoms with E-state index in [0.29, 0.717) is 6.42 Å². The third-order valence-corrected chi connectivity index (χ3v) is 1.82. The van der Waals surface area contributed by atoms with Gasteiger partial charge in [0.2, 0.25) is 0 Å². The molecule has 0 atom stereocenters. The van der Waals surface area contributed by atoms with Crippen LogP contribution in [0.25, 0.3) is 0 Å². The first-order chi connectivity index (χ1) is 8.73. The molecule has 0 aromatic rings. The second kappa shape index (κ2) is 19.2. The predicted molar refractivity (Wildman–Crippen MR) is 72.8 cm³/mol. The Bertz CT molecular complexity index is 183. The van der Waals surface area contributed by atoms with E-state index >= 15 is 0 Å². The molecule has 0 aliphatic carbocycles. The molecule has 0 aliphatic heterocycles. The Hall–Kier alpha value is -1.14. The Labute approximate surface area is 115 Å². The minimum absolute atomic E-state index is 0.534. The summed E-state index contributed by atoms with van der Waals surface area (Å²) in [5, 5.41) is 31.9. The minimum atomic E-state index is -1.10. The molecule has 19 heavy (non-hydrogen) atoms. The molecular formula is C13H28O6. The van der Waals surface area contributed by atoms with Crippen LogP contribution in [0.1, 0.15) is 65.7 Å². The van der Waals surface area contributed by atoms with Gasteiger partial charge in [0.1, 0.15) is 0 Å². The number of aliphatic carboxylic acids is 2. The molecular weight excluding hydrogens is 252 g/mol. The highest BCUT2D eigenvalue weighted by molar-refractivity contribution is 5.63. The zero-order chi connectivity index (χ0) is 15.7. The van der Waals surface area contributed by atoms with E-state index in [-0.39, 0.29) is 0 Å². The van der Waals surface area contributed by atoms with Gasteiger partial charge in [0.25, 0.3) is 11.9 Å². The summed E-state index contributed by atoms with van der Waals surface area (Å²) in [7, 11) is 0. The van der Waals surface area contributed by atoms with Crippen LogP contribution in [0.15, 0.2) is 0 Å². The molecule has 0 bridgehead atoms. The van der Waals surface area contributed by atoms with Crippen molar-refractivity contribution in [3.8, 4) is 0 Å². The fourth-order valence-corrected chi connectivity index (χ4v) is 1.11. The van der Waals surface area contributed by atoms with Gasteiger partial charge >= 0.3 is 0 Å². The van der Waals surface area contributed by atoms with E-state index in [1.54, 1.807) is 0 Å². The summed E-state index contributed by atoms with van der Waals surface area (Å²) in [5.74, 6) is -1.67. The van der Waals surface area contributed by atoms with Gasteiger partial charge in [0, 0.05) is 13.8 Å². The van der Waals surface area contributed by atoms with Crippen LogP contribution in [0.2, 0.25) is 0 Å². The van der Waals surface area contributed by atoms with Crippen LogP contribution in [0, 0.1) is 0 Å².